The molecule has 0 bridgehead atoms. The van der Waals surface area contributed by atoms with Crippen molar-refractivity contribution in [1.29, 1.82) is 0 Å². The number of benzene rings is 1. The molecule has 5 atom stereocenters. The van der Waals surface area contributed by atoms with Crippen LogP contribution in [0.1, 0.15) is 77.2 Å². The molecule has 2 nitrogen and oxygen atoms in total. The molecule has 0 N–H and O–H groups in total. The van der Waals surface area contributed by atoms with E-state index in [1.165, 1.54) is 23.1 Å². The van der Waals surface area contributed by atoms with Crippen LogP contribution < -0.4 is 0 Å². The van der Waals surface area contributed by atoms with Crippen LogP contribution >= 0.6 is 0 Å². The van der Waals surface area contributed by atoms with E-state index in [9.17, 15) is 9.59 Å². The van der Waals surface area contributed by atoms with Gasteiger partial charge in [0, 0.05) is 18.3 Å². The smallest absolute Gasteiger partial charge is 0.156 e. The second-order valence-electron chi connectivity index (χ2n) is 11.0. The largest absolute Gasteiger partial charge is 0.299 e. The standard InChI is InChI=1S/C29H36O2/c1-28-16-14-22(30)19-26(28)21(11-7-6-10-20-8-4-3-5-9-20)18-23-24-12-13-27(31)29(24,2)17-15-25(23)28/h3-5,8-9,18-19,23-25H,6-7,10-17H2,1-2H3/t23-,24-,25-,28+,29-/m0/s1. The molecule has 2 saturated carbocycles. The van der Waals surface area contributed by atoms with E-state index in [2.05, 4.69) is 50.3 Å². The van der Waals surface area contributed by atoms with Crippen LogP contribution in [0, 0.1) is 28.6 Å². The number of aryl methyl sites for hydroxylation is 1. The number of hydrogen-bond acceptors (Lipinski definition) is 2. The summed E-state index contributed by atoms with van der Waals surface area (Å²) in [6, 6.07) is 10.7. The highest BCUT2D eigenvalue weighted by Crippen LogP contribution is 2.64. The van der Waals surface area contributed by atoms with Gasteiger partial charge < -0.3 is 0 Å². The van der Waals surface area contributed by atoms with E-state index in [1.54, 1.807) is 0 Å². The Balaban J connectivity index is 1.41. The van der Waals surface area contributed by atoms with Crippen LogP contribution in [0.2, 0.25) is 0 Å². The van der Waals surface area contributed by atoms with Crippen molar-refractivity contribution < 1.29 is 9.59 Å². The summed E-state index contributed by atoms with van der Waals surface area (Å²) in [5, 5.41) is 0. The number of carbonyl (C=O) groups excluding carboxylic acids is 2. The third-order valence-electron chi connectivity index (χ3n) is 9.42. The molecule has 5 rings (SSSR count). The fraction of sp³-hybridized carbons (Fsp3) is 0.586. The van der Waals surface area contributed by atoms with Gasteiger partial charge in [-0.05, 0) is 97.3 Å². The van der Waals surface area contributed by atoms with Gasteiger partial charge in [0.25, 0.3) is 0 Å². The maximum atomic E-state index is 12.8. The highest BCUT2D eigenvalue weighted by molar-refractivity contribution is 5.92. The molecular weight excluding hydrogens is 380 g/mol. The summed E-state index contributed by atoms with van der Waals surface area (Å²) >= 11 is 0. The Bertz CT molecular complexity index is 939. The number of ketones is 2. The lowest BCUT2D eigenvalue weighted by atomic mass is 9.48. The predicted molar refractivity (Wildman–Crippen MR) is 125 cm³/mol. The molecule has 4 aliphatic rings. The van der Waals surface area contributed by atoms with E-state index >= 15 is 0 Å². The van der Waals surface area contributed by atoms with Crippen molar-refractivity contribution >= 4 is 11.6 Å². The van der Waals surface area contributed by atoms with Gasteiger partial charge in [0.05, 0.1) is 0 Å². The number of hydrogen-bond donors (Lipinski definition) is 0. The zero-order chi connectivity index (χ0) is 21.6. The first-order valence-corrected chi connectivity index (χ1v) is 12.5. The minimum absolute atomic E-state index is 0.106. The van der Waals surface area contributed by atoms with Crippen molar-refractivity contribution in [2.75, 3.05) is 0 Å². The van der Waals surface area contributed by atoms with Crippen LogP contribution in [0.3, 0.4) is 0 Å². The third kappa shape index (κ3) is 3.47. The van der Waals surface area contributed by atoms with Gasteiger partial charge in [-0.3, -0.25) is 9.59 Å². The second kappa shape index (κ2) is 7.87. The van der Waals surface area contributed by atoms with Crippen molar-refractivity contribution in [3.63, 3.8) is 0 Å². The molecule has 0 unspecified atom stereocenters. The number of fused-ring (bicyclic) bond motifs is 5. The van der Waals surface area contributed by atoms with Crippen LogP contribution in [0.5, 0.6) is 0 Å². The Kier molecular flexibility index (Phi) is 5.31. The maximum Gasteiger partial charge on any atom is 0.156 e. The SMILES string of the molecule is C[C@]12CCC(=O)C=C1C(CCCCc1ccccc1)=C[C@@H]1[C@@H]2CC[C@]2(C)C(=O)CC[C@@H]12. The van der Waals surface area contributed by atoms with E-state index < -0.39 is 0 Å². The zero-order valence-corrected chi connectivity index (χ0v) is 19.2. The molecule has 1 aromatic rings. The summed E-state index contributed by atoms with van der Waals surface area (Å²) in [4.78, 5) is 25.2. The van der Waals surface area contributed by atoms with Gasteiger partial charge in [-0.25, -0.2) is 0 Å². The minimum atomic E-state index is -0.113. The van der Waals surface area contributed by atoms with Crippen molar-refractivity contribution in [3.05, 3.63) is 59.2 Å². The van der Waals surface area contributed by atoms with Crippen molar-refractivity contribution in [1.82, 2.24) is 0 Å². The fourth-order valence-corrected chi connectivity index (χ4v) is 7.53. The predicted octanol–water partition coefficient (Wildman–Crippen LogP) is 6.65. The maximum absolute atomic E-state index is 12.8. The third-order valence-corrected chi connectivity index (χ3v) is 9.42. The average Bonchev–Trinajstić information content (AvgIpc) is 3.07. The molecule has 1 aromatic carbocycles. The van der Waals surface area contributed by atoms with Crippen LogP contribution in [0.15, 0.2) is 53.6 Å². The molecular formula is C29H36O2. The van der Waals surface area contributed by atoms with Crippen molar-refractivity contribution in [3.8, 4) is 0 Å². The van der Waals surface area contributed by atoms with E-state index in [-0.39, 0.29) is 10.8 Å². The molecule has 0 saturated heterocycles. The molecule has 0 amide bonds. The number of carbonyl (C=O) groups is 2. The van der Waals surface area contributed by atoms with Gasteiger partial charge >= 0.3 is 0 Å². The van der Waals surface area contributed by atoms with Crippen LogP contribution in [0.25, 0.3) is 0 Å². The van der Waals surface area contributed by atoms with Crippen molar-refractivity contribution in [2.45, 2.75) is 78.1 Å². The first-order chi connectivity index (χ1) is 14.9. The molecule has 164 valence electrons. The van der Waals surface area contributed by atoms with Gasteiger partial charge in [-0.15, -0.1) is 0 Å². The Morgan fingerprint density at radius 1 is 0.871 bits per heavy atom. The number of allylic oxidation sites excluding steroid dienone is 4. The van der Waals surface area contributed by atoms with Crippen LogP contribution in [-0.4, -0.2) is 11.6 Å². The Morgan fingerprint density at radius 3 is 2.42 bits per heavy atom. The molecule has 2 heteroatoms. The monoisotopic (exact) mass is 416 g/mol. The Morgan fingerprint density at radius 2 is 1.61 bits per heavy atom. The van der Waals surface area contributed by atoms with Gasteiger partial charge in [0.15, 0.2) is 5.78 Å². The number of unbranched alkanes of at least 4 members (excludes halogenated alkanes) is 1. The van der Waals surface area contributed by atoms with Crippen LogP contribution in [0.4, 0.5) is 0 Å². The Labute approximate surface area is 187 Å². The lowest BCUT2D eigenvalue weighted by Crippen LogP contribution is -2.49. The summed E-state index contributed by atoms with van der Waals surface area (Å²) in [5.41, 5.74) is 4.17. The first-order valence-electron chi connectivity index (χ1n) is 12.5. The van der Waals surface area contributed by atoms with Crippen molar-refractivity contribution in [2.24, 2.45) is 28.6 Å². The quantitative estimate of drug-likeness (QED) is 0.504. The van der Waals surface area contributed by atoms with E-state index in [0.29, 0.717) is 35.7 Å². The van der Waals surface area contributed by atoms with Gasteiger partial charge in [0.2, 0.25) is 0 Å². The highest BCUT2D eigenvalue weighted by atomic mass is 16.1. The molecule has 0 aliphatic heterocycles. The first kappa shape index (κ1) is 20.9. The molecule has 0 spiro atoms. The molecule has 4 aliphatic carbocycles. The minimum Gasteiger partial charge on any atom is -0.299 e. The zero-order valence-electron chi connectivity index (χ0n) is 19.2. The normalized spacial score (nSPS) is 36.9. The highest BCUT2D eigenvalue weighted by Gasteiger charge is 2.58. The molecule has 31 heavy (non-hydrogen) atoms. The van der Waals surface area contributed by atoms with E-state index in [1.807, 2.05) is 6.08 Å². The summed E-state index contributed by atoms with van der Waals surface area (Å²) in [7, 11) is 0. The van der Waals surface area contributed by atoms with Gasteiger partial charge in [-0.2, -0.15) is 0 Å². The fourth-order valence-electron chi connectivity index (χ4n) is 7.53. The average molecular weight is 417 g/mol. The summed E-state index contributed by atoms with van der Waals surface area (Å²) in [6.07, 6.45) is 14.7. The second-order valence-corrected chi connectivity index (χ2v) is 11.0. The topological polar surface area (TPSA) is 34.1 Å². The number of Topliss-reactive ketones (excluding diaryl/α,β-unsaturated/α-hetero) is 1. The van der Waals surface area contributed by atoms with Gasteiger partial charge in [-0.1, -0.05) is 50.3 Å². The molecule has 0 radical (unpaired) electrons. The lowest BCUT2D eigenvalue weighted by molar-refractivity contribution is -0.130. The summed E-state index contributed by atoms with van der Waals surface area (Å²) in [5.74, 6) is 2.39. The molecule has 0 heterocycles. The van der Waals surface area contributed by atoms with E-state index in [4.69, 9.17) is 0 Å². The molecule has 2 fully saturated rings. The van der Waals surface area contributed by atoms with Crippen LogP contribution in [-0.2, 0) is 16.0 Å². The van der Waals surface area contributed by atoms with E-state index in [0.717, 1.165) is 51.4 Å². The lowest BCUT2D eigenvalue weighted by Gasteiger charge is -2.56. The molecule has 0 aromatic heterocycles. The summed E-state index contributed by atoms with van der Waals surface area (Å²) in [6.45, 7) is 4.67. The van der Waals surface area contributed by atoms with Gasteiger partial charge in [0.1, 0.15) is 5.78 Å². The number of rotatable bonds is 5. The Hall–Kier alpha value is -1.96. The summed E-state index contributed by atoms with van der Waals surface area (Å²) < 4.78 is 0.